The van der Waals surface area contributed by atoms with E-state index in [1.54, 1.807) is 36.7 Å². The summed E-state index contributed by atoms with van der Waals surface area (Å²) in [5.74, 6) is 0.168. The van der Waals surface area contributed by atoms with E-state index in [-0.39, 0.29) is 11.8 Å². The van der Waals surface area contributed by atoms with Crippen LogP contribution in [0.25, 0.3) is 16.3 Å². The highest BCUT2D eigenvalue weighted by Gasteiger charge is 2.07. The van der Waals surface area contributed by atoms with Crippen molar-refractivity contribution in [2.75, 3.05) is 36.9 Å². The third-order valence-electron chi connectivity index (χ3n) is 3.99. The van der Waals surface area contributed by atoms with Gasteiger partial charge in [-0.25, -0.2) is 4.98 Å². The van der Waals surface area contributed by atoms with Crippen LogP contribution in [0.2, 0.25) is 0 Å². The van der Waals surface area contributed by atoms with Crippen LogP contribution in [0.4, 0.5) is 11.4 Å². The average Bonchev–Trinajstić information content (AvgIpc) is 3.15. The molecule has 0 aliphatic carbocycles. The number of ether oxygens (including phenoxy) is 2. The maximum atomic E-state index is 12.3. The minimum atomic E-state index is -0.226. The zero-order valence-electron chi connectivity index (χ0n) is 17.2. The molecule has 2 amide bonds. The lowest BCUT2D eigenvalue weighted by Gasteiger charge is -2.03. The van der Waals surface area contributed by atoms with Crippen molar-refractivity contribution in [3.05, 3.63) is 54.1 Å². The molecule has 0 fully saturated rings. The fourth-order valence-electron chi connectivity index (χ4n) is 2.57. The number of fused-ring (bicyclic) bond motifs is 1. The predicted octanol–water partition coefficient (Wildman–Crippen LogP) is 4.62. The second kappa shape index (κ2) is 11.6. The van der Waals surface area contributed by atoms with Gasteiger partial charge in [-0.15, -0.1) is 11.3 Å². The van der Waals surface area contributed by atoms with Crippen LogP contribution in [0.1, 0.15) is 12.5 Å². The van der Waals surface area contributed by atoms with Crippen LogP contribution < -0.4 is 10.6 Å². The Hall–Kier alpha value is -2.72. The van der Waals surface area contributed by atoms with Gasteiger partial charge in [-0.3, -0.25) is 9.59 Å². The Kier molecular flexibility index (Phi) is 8.60. The summed E-state index contributed by atoms with van der Waals surface area (Å²) in [6, 6.07) is 12.9. The van der Waals surface area contributed by atoms with E-state index in [1.807, 2.05) is 30.3 Å². The molecule has 2 aromatic carbocycles. The zero-order chi connectivity index (χ0) is 22.1. The average molecular weight is 458 g/mol. The van der Waals surface area contributed by atoms with E-state index < -0.39 is 0 Å². The first-order valence-electron chi connectivity index (χ1n) is 9.50. The first-order valence-corrected chi connectivity index (χ1v) is 11.3. The monoisotopic (exact) mass is 457 g/mol. The minimum Gasteiger partial charge on any atom is -0.382 e. The Labute approximate surface area is 188 Å². The maximum absolute atomic E-state index is 12.3. The van der Waals surface area contributed by atoms with Crippen molar-refractivity contribution in [3.63, 3.8) is 0 Å². The lowest BCUT2D eigenvalue weighted by molar-refractivity contribution is -0.114. The molecule has 1 aromatic heterocycles. The molecular weight excluding hydrogens is 434 g/mol. The van der Waals surface area contributed by atoms with E-state index in [0.717, 1.165) is 20.1 Å². The molecule has 9 heteroatoms. The van der Waals surface area contributed by atoms with Crippen LogP contribution in [0, 0.1) is 0 Å². The van der Waals surface area contributed by atoms with E-state index in [1.165, 1.54) is 24.8 Å². The molecule has 7 nitrogen and oxygen atoms in total. The molecular formula is C22H23N3O4S2. The van der Waals surface area contributed by atoms with Crippen LogP contribution in [0.5, 0.6) is 0 Å². The van der Waals surface area contributed by atoms with Crippen molar-refractivity contribution in [2.45, 2.75) is 11.3 Å². The molecule has 0 bridgehead atoms. The van der Waals surface area contributed by atoms with Gasteiger partial charge in [0.05, 0.1) is 29.4 Å². The van der Waals surface area contributed by atoms with E-state index >= 15 is 0 Å². The number of benzene rings is 2. The molecule has 0 spiro atoms. The molecule has 3 rings (SSSR count). The highest BCUT2D eigenvalue weighted by molar-refractivity contribution is 8.01. The van der Waals surface area contributed by atoms with E-state index in [9.17, 15) is 9.59 Å². The number of carbonyl (C=O) groups is 2. The van der Waals surface area contributed by atoms with Crippen LogP contribution in [-0.2, 0) is 19.1 Å². The van der Waals surface area contributed by atoms with Gasteiger partial charge in [0.15, 0.2) is 4.34 Å². The van der Waals surface area contributed by atoms with Crippen LogP contribution in [-0.4, -0.2) is 43.1 Å². The summed E-state index contributed by atoms with van der Waals surface area (Å²) in [4.78, 5) is 27.9. The lowest BCUT2D eigenvalue weighted by Crippen LogP contribution is -2.07. The summed E-state index contributed by atoms with van der Waals surface area (Å²) in [7, 11) is 1.64. The van der Waals surface area contributed by atoms with Gasteiger partial charge in [0.2, 0.25) is 11.8 Å². The SMILES string of the molecule is COCCOCSc1nc2ccc(NC(=O)C=Cc3ccc(NC(C)=O)cc3)cc2s1. The number of hydrogen-bond acceptors (Lipinski definition) is 7. The number of rotatable bonds is 10. The summed E-state index contributed by atoms with van der Waals surface area (Å²) in [5.41, 5.74) is 3.17. The number of amides is 2. The summed E-state index contributed by atoms with van der Waals surface area (Å²) >= 11 is 3.09. The van der Waals surface area contributed by atoms with Gasteiger partial charge in [-0.1, -0.05) is 23.9 Å². The molecule has 0 saturated heterocycles. The van der Waals surface area contributed by atoms with Gasteiger partial charge in [0.25, 0.3) is 0 Å². The summed E-state index contributed by atoms with van der Waals surface area (Å²) in [6.45, 7) is 2.58. The van der Waals surface area contributed by atoms with Crippen LogP contribution in [0.15, 0.2) is 52.9 Å². The first kappa shape index (κ1) is 23.0. The van der Waals surface area contributed by atoms with Crippen LogP contribution >= 0.6 is 23.1 Å². The van der Waals surface area contributed by atoms with Crippen LogP contribution in [0.3, 0.4) is 0 Å². The number of carbonyl (C=O) groups excluding carboxylic acids is 2. The summed E-state index contributed by atoms with van der Waals surface area (Å²) in [5, 5.41) is 5.57. The highest BCUT2D eigenvalue weighted by atomic mass is 32.2. The number of aromatic nitrogens is 1. The largest absolute Gasteiger partial charge is 0.382 e. The summed E-state index contributed by atoms with van der Waals surface area (Å²) in [6.07, 6.45) is 3.19. The molecule has 0 saturated carbocycles. The Bertz CT molecular complexity index is 1060. The molecule has 0 aliphatic rings. The molecule has 162 valence electrons. The topological polar surface area (TPSA) is 89.6 Å². The number of thioether (sulfide) groups is 1. The standard InChI is InChI=1S/C22H23N3O4S2/c1-15(26)23-17-6-3-16(4-7-17)5-10-21(27)24-18-8-9-19-20(13-18)31-22(25-19)30-14-29-12-11-28-2/h3-10,13H,11-12,14H2,1-2H3,(H,23,26)(H,24,27). The van der Waals surface area contributed by atoms with Crippen molar-refractivity contribution in [1.29, 1.82) is 0 Å². The number of hydrogen-bond donors (Lipinski definition) is 2. The zero-order valence-corrected chi connectivity index (χ0v) is 18.8. The lowest BCUT2D eigenvalue weighted by atomic mass is 10.2. The van der Waals surface area contributed by atoms with Gasteiger partial charge in [-0.2, -0.15) is 0 Å². The molecule has 2 N–H and O–H groups in total. The number of nitrogens with zero attached hydrogens (tertiary/aromatic N) is 1. The van der Waals surface area contributed by atoms with E-state index in [4.69, 9.17) is 9.47 Å². The van der Waals surface area contributed by atoms with Crippen molar-refractivity contribution < 1.29 is 19.1 Å². The third-order valence-corrected chi connectivity index (χ3v) is 6.03. The molecule has 0 aliphatic heterocycles. The Morgan fingerprint density at radius 3 is 2.61 bits per heavy atom. The number of methoxy groups -OCH3 is 1. The molecule has 0 atom stereocenters. The maximum Gasteiger partial charge on any atom is 0.248 e. The summed E-state index contributed by atoms with van der Waals surface area (Å²) < 4.78 is 12.3. The second-order valence-corrected chi connectivity index (χ2v) is 8.65. The third kappa shape index (κ3) is 7.48. The predicted molar refractivity (Wildman–Crippen MR) is 127 cm³/mol. The molecule has 0 unspecified atom stereocenters. The second-order valence-electron chi connectivity index (χ2n) is 6.45. The van der Waals surface area contributed by atoms with E-state index in [0.29, 0.717) is 30.5 Å². The Morgan fingerprint density at radius 1 is 1.10 bits per heavy atom. The molecule has 1 heterocycles. The van der Waals surface area contributed by atoms with Gasteiger partial charge in [0, 0.05) is 31.5 Å². The highest BCUT2D eigenvalue weighted by Crippen LogP contribution is 2.31. The van der Waals surface area contributed by atoms with Gasteiger partial charge in [-0.05, 0) is 42.0 Å². The Morgan fingerprint density at radius 2 is 1.87 bits per heavy atom. The number of thiazole rings is 1. The van der Waals surface area contributed by atoms with Crippen molar-refractivity contribution in [1.82, 2.24) is 4.98 Å². The molecule has 3 aromatic rings. The van der Waals surface area contributed by atoms with Crippen molar-refractivity contribution in [3.8, 4) is 0 Å². The smallest absolute Gasteiger partial charge is 0.248 e. The normalized spacial score (nSPS) is 11.2. The van der Waals surface area contributed by atoms with Crippen molar-refractivity contribution >= 4 is 62.6 Å². The van der Waals surface area contributed by atoms with E-state index in [2.05, 4.69) is 15.6 Å². The number of anilines is 2. The van der Waals surface area contributed by atoms with Gasteiger partial charge < -0.3 is 20.1 Å². The number of nitrogens with one attached hydrogen (secondary N) is 2. The van der Waals surface area contributed by atoms with Gasteiger partial charge in [0.1, 0.15) is 0 Å². The fourth-order valence-corrected chi connectivity index (χ4v) is 4.42. The van der Waals surface area contributed by atoms with Crippen molar-refractivity contribution in [2.24, 2.45) is 0 Å². The van der Waals surface area contributed by atoms with Gasteiger partial charge >= 0.3 is 0 Å². The quantitative estimate of drug-likeness (QED) is 0.200. The fraction of sp³-hybridized carbons (Fsp3) is 0.227. The minimum absolute atomic E-state index is 0.123. The Balaban J connectivity index is 1.55. The first-order chi connectivity index (χ1) is 15.0. The molecule has 31 heavy (non-hydrogen) atoms. The molecule has 0 radical (unpaired) electrons.